The van der Waals surface area contributed by atoms with E-state index >= 15 is 0 Å². The van der Waals surface area contributed by atoms with E-state index in [9.17, 15) is 9.59 Å². The van der Waals surface area contributed by atoms with Gasteiger partial charge in [0.25, 0.3) is 0 Å². The van der Waals surface area contributed by atoms with Crippen LogP contribution in [0.2, 0.25) is 0 Å². The first-order chi connectivity index (χ1) is 12.2. The van der Waals surface area contributed by atoms with Gasteiger partial charge in [0, 0.05) is 20.1 Å². The second-order valence-electron chi connectivity index (χ2n) is 6.65. The molecule has 0 radical (unpaired) electrons. The molecule has 1 N–H and O–H groups in total. The maximum atomic E-state index is 13.0. The van der Waals surface area contributed by atoms with E-state index in [-0.39, 0.29) is 23.9 Å². The van der Waals surface area contributed by atoms with Crippen LogP contribution < -0.4 is 5.32 Å². The SMILES string of the molecule is CNC(=O)[C@@H](Cc1ccccc1)N1CCC[C@H]1C(=O)N1CCOCC1. The summed E-state index contributed by atoms with van der Waals surface area (Å²) < 4.78 is 5.35. The first-order valence-electron chi connectivity index (χ1n) is 9.08. The number of rotatable bonds is 5. The third-order valence-electron chi connectivity index (χ3n) is 5.12. The van der Waals surface area contributed by atoms with Gasteiger partial charge in [0.05, 0.1) is 25.3 Å². The molecular weight excluding hydrogens is 318 g/mol. The zero-order chi connectivity index (χ0) is 17.6. The van der Waals surface area contributed by atoms with Crippen molar-refractivity contribution in [1.82, 2.24) is 15.1 Å². The minimum Gasteiger partial charge on any atom is -0.378 e. The topological polar surface area (TPSA) is 61.9 Å². The van der Waals surface area contributed by atoms with Crippen molar-refractivity contribution >= 4 is 11.8 Å². The van der Waals surface area contributed by atoms with Crippen molar-refractivity contribution < 1.29 is 14.3 Å². The summed E-state index contributed by atoms with van der Waals surface area (Å²) in [6.07, 6.45) is 2.38. The van der Waals surface area contributed by atoms with E-state index in [2.05, 4.69) is 10.2 Å². The number of carbonyl (C=O) groups excluding carboxylic acids is 2. The van der Waals surface area contributed by atoms with Crippen molar-refractivity contribution in [3.05, 3.63) is 35.9 Å². The van der Waals surface area contributed by atoms with Crippen LogP contribution in [-0.2, 0) is 20.7 Å². The minimum atomic E-state index is -0.315. The van der Waals surface area contributed by atoms with Crippen molar-refractivity contribution in [2.24, 2.45) is 0 Å². The van der Waals surface area contributed by atoms with Crippen LogP contribution >= 0.6 is 0 Å². The maximum absolute atomic E-state index is 13.0. The second kappa shape index (κ2) is 8.45. The van der Waals surface area contributed by atoms with Gasteiger partial charge in [-0.25, -0.2) is 0 Å². The van der Waals surface area contributed by atoms with Crippen LogP contribution in [0.25, 0.3) is 0 Å². The van der Waals surface area contributed by atoms with Gasteiger partial charge in [0.15, 0.2) is 0 Å². The zero-order valence-corrected chi connectivity index (χ0v) is 14.8. The molecule has 1 aromatic carbocycles. The molecule has 2 amide bonds. The summed E-state index contributed by atoms with van der Waals surface area (Å²) in [4.78, 5) is 29.5. The van der Waals surface area contributed by atoms with Gasteiger partial charge in [-0.15, -0.1) is 0 Å². The largest absolute Gasteiger partial charge is 0.378 e. The Morgan fingerprint density at radius 2 is 1.92 bits per heavy atom. The molecule has 0 aromatic heterocycles. The molecule has 0 aliphatic carbocycles. The average molecular weight is 345 g/mol. The number of benzene rings is 1. The lowest BCUT2D eigenvalue weighted by Crippen LogP contribution is -2.55. The summed E-state index contributed by atoms with van der Waals surface area (Å²) in [7, 11) is 1.66. The van der Waals surface area contributed by atoms with Crippen LogP contribution in [0.3, 0.4) is 0 Å². The first-order valence-corrected chi connectivity index (χ1v) is 9.08. The molecule has 0 unspecified atom stereocenters. The minimum absolute atomic E-state index is 0.0227. The van der Waals surface area contributed by atoms with Crippen molar-refractivity contribution in [1.29, 1.82) is 0 Å². The Hall–Kier alpha value is -1.92. The van der Waals surface area contributed by atoms with Crippen LogP contribution in [0.1, 0.15) is 18.4 Å². The number of hydrogen-bond acceptors (Lipinski definition) is 4. The van der Waals surface area contributed by atoms with Gasteiger partial charge in [-0.1, -0.05) is 30.3 Å². The molecule has 2 saturated heterocycles. The number of ether oxygens (including phenoxy) is 1. The molecule has 25 heavy (non-hydrogen) atoms. The number of likely N-dealkylation sites (tertiary alicyclic amines) is 1. The molecule has 2 aliphatic rings. The average Bonchev–Trinajstić information content (AvgIpc) is 3.16. The van der Waals surface area contributed by atoms with Crippen LogP contribution in [0.15, 0.2) is 30.3 Å². The van der Waals surface area contributed by atoms with Crippen LogP contribution in [-0.4, -0.2) is 73.6 Å². The third-order valence-corrected chi connectivity index (χ3v) is 5.12. The highest BCUT2D eigenvalue weighted by Gasteiger charge is 2.40. The first kappa shape index (κ1) is 17.9. The number of likely N-dealkylation sites (N-methyl/N-ethyl adjacent to an activating group) is 1. The highest BCUT2D eigenvalue weighted by Crippen LogP contribution is 2.24. The van der Waals surface area contributed by atoms with Crippen molar-refractivity contribution in [3.63, 3.8) is 0 Å². The number of nitrogens with one attached hydrogen (secondary N) is 1. The fourth-order valence-corrected chi connectivity index (χ4v) is 3.79. The number of nitrogens with zero attached hydrogens (tertiary/aromatic N) is 2. The van der Waals surface area contributed by atoms with E-state index < -0.39 is 0 Å². The van der Waals surface area contributed by atoms with Gasteiger partial charge >= 0.3 is 0 Å². The molecule has 2 atom stereocenters. The van der Waals surface area contributed by atoms with Gasteiger partial charge < -0.3 is 15.0 Å². The Balaban J connectivity index is 1.76. The normalized spacial score (nSPS) is 22.6. The van der Waals surface area contributed by atoms with Gasteiger partial charge in [0.1, 0.15) is 0 Å². The van der Waals surface area contributed by atoms with Crippen molar-refractivity contribution in [2.75, 3.05) is 39.9 Å². The van der Waals surface area contributed by atoms with Gasteiger partial charge in [-0.2, -0.15) is 0 Å². The van der Waals surface area contributed by atoms with E-state index in [0.29, 0.717) is 32.7 Å². The number of hydrogen-bond donors (Lipinski definition) is 1. The fraction of sp³-hybridized carbons (Fsp3) is 0.579. The van der Waals surface area contributed by atoms with Gasteiger partial charge in [0.2, 0.25) is 11.8 Å². The molecule has 0 bridgehead atoms. The molecule has 2 aliphatic heterocycles. The monoisotopic (exact) mass is 345 g/mol. The highest BCUT2D eigenvalue weighted by molar-refractivity contribution is 5.86. The maximum Gasteiger partial charge on any atom is 0.240 e. The van der Waals surface area contributed by atoms with Crippen molar-refractivity contribution in [3.8, 4) is 0 Å². The van der Waals surface area contributed by atoms with Gasteiger partial charge in [-0.05, 0) is 31.4 Å². The molecule has 2 fully saturated rings. The third kappa shape index (κ3) is 4.19. The molecular formula is C19H27N3O3. The lowest BCUT2D eigenvalue weighted by molar-refractivity contribution is -0.142. The standard InChI is InChI=1S/C19H27N3O3/c1-20-18(23)17(14-15-6-3-2-4-7-15)22-9-5-8-16(22)19(24)21-10-12-25-13-11-21/h2-4,6-7,16-17H,5,8-14H2,1H3,(H,20,23)/t16-,17+/m0/s1. The Morgan fingerprint density at radius 3 is 2.60 bits per heavy atom. The van der Waals surface area contributed by atoms with Crippen LogP contribution in [0, 0.1) is 0 Å². The summed E-state index contributed by atoms with van der Waals surface area (Å²) in [5.74, 6) is 0.119. The summed E-state index contributed by atoms with van der Waals surface area (Å²) >= 11 is 0. The summed E-state index contributed by atoms with van der Waals surface area (Å²) in [5, 5.41) is 2.78. The molecule has 0 saturated carbocycles. The molecule has 2 heterocycles. The van der Waals surface area contributed by atoms with Crippen LogP contribution in [0.5, 0.6) is 0 Å². The van der Waals surface area contributed by atoms with Crippen LogP contribution in [0.4, 0.5) is 0 Å². The van der Waals surface area contributed by atoms with E-state index in [0.717, 1.165) is 24.9 Å². The van der Waals surface area contributed by atoms with Crippen molar-refractivity contribution in [2.45, 2.75) is 31.3 Å². The number of amides is 2. The Morgan fingerprint density at radius 1 is 1.20 bits per heavy atom. The predicted molar refractivity (Wildman–Crippen MR) is 95.1 cm³/mol. The summed E-state index contributed by atoms with van der Waals surface area (Å²) in [6, 6.07) is 9.48. The molecule has 0 spiro atoms. The summed E-state index contributed by atoms with van der Waals surface area (Å²) in [5.41, 5.74) is 1.11. The molecule has 6 heteroatoms. The van der Waals surface area contributed by atoms with E-state index in [1.165, 1.54) is 0 Å². The molecule has 3 rings (SSSR count). The second-order valence-corrected chi connectivity index (χ2v) is 6.65. The lowest BCUT2D eigenvalue weighted by Gasteiger charge is -2.35. The molecule has 1 aromatic rings. The molecule has 136 valence electrons. The predicted octanol–water partition coefficient (Wildman–Crippen LogP) is 0.667. The molecule has 6 nitrogen and oxygen atoms in total. The highest BCUT2D eigenvalue weighted by atomic mass is 16.5. The summed E-state index contributed by atoms with van der Waals surface area (Å²) in [6.45, 7) is 3.27. The fourth-order valence-electron chi connectivity index (χ4n) is 3.79. The Labute approximate surface area is 149 Å². The zero-order valence-electron chi connectivity index (χ0n) is 14.8. The van der Waals surface area contributed by atoms with E-state index in [1.54, 1.807) is 7.05 Å². The van der Waals surface area contributed by atoms with Gasteiger partial charge in [-0.3, -0.25) is 14.5 Å². The Kier molecular flexibility index (Phi) is 6.04. The van der Waals surface area contributed by atoms with E-state index in [1.807, 2.05) is 35.2 Å². The number of morpholine rings is 1. The van der Waals surface area contributed by atoms with E-state index in [4.69, 9.17) is 4.74 Å². The quantitative estimate of drug-likeness (QED) is 0.852. The Bertz CT molecular complexity index is 587. The smallest absolute Gasteiger partial charge is 0.240 e. The lowest BCUT2D eigenvalue weighted by atomic mass is 10.0. The number of carbonyl (C=O) groups is 2.